The summed E-state index contributed by atoms with van der Waals surface area (Å²) in [5.74, 6) is 0. The van der Waals surface area contributed by atoms with Gasteiger partial charge in [-0.25, -0.2) is 0 Å². The zero-order valence-corrected chi connectivity index (χ0v) is 10.7. The predicted octanol–water partition coefficient (Wildman–Crippen LogP) is 2.24. The van der Waals surface area contributed by atoms with E-state index in [1.807, 2.05) is 54.7 Å². The zero-order chi connectivity index (χ0) is 9.80. The van der Waals surface area contributed by atoms with Gasteiger partial charge in [0.1, 0.15) is 0 Å². The van der Waals surface area contributed by atoms with Gasteiger partial charge in [-0.2, -0.15) is 0 Å². The molecule has 0 unspecified atom stereocenters. The monoisotopic (exact) mass is 376 g/mol. The molecule has 0 atom stereocenters. The molecule has 1 aliphatic heterocycles. The molecule has 1 radical (unpaired) electrons. The number of allylic oxidation sites excluding steroid dienone is 4. The number of pyridine rings is 1. The van der Waals surface area contributed by atoms with Crippen molar-refractivity contribution in [2.75, 3.05) is 7.05 Å². The molecule has 0 fully saturated rings. The van der Waals surface area contributed by atoms with Crippen molar-refractivity contribution in [1.82, 2.24) is 9.88 Å². The van der Waals surface area contributed by atoms with Gasteiger partial charge in [-0.05, 0) is 18.0 Å². The molecular formula is C12H11IrN2-. The molecule has 2 rings (SSSR count). The van der Waals surface area contributed by atoms with E-state index in [-0.39, 0.29) is 20.1 Å². The maximum absolute atomic E-state index is 4.27. The second-order valence-corrected chi connectivity index (χ2v) is 3.07. The Morgan fingerprint density at radius 1 is 1.27 bits per heavy atom. The third-order valence-electron chi connectivity index (χ3n) is 1.97. The molecule has 79 valence electrons. The molecule has 1 aromatic rings. The van der Waals surface area contributed by atoms with E-state index in [4.69, 9.17) is 0 Å². The Balaban J connectivity index is 0.00000112. The minimum atomic E-state index is 0. The van der Waals surface area contributed by atoms with Crippen LogP contribution in [0.4, 0.5) is 0 Å². The summed E-state index contributed by atoms with van der Waals surface area (Å²) < 4.78 is 0. The fraction of sp³-hybridized carbons (Fsp3) is 0.0833. The van der Waals surface area contributed by atoms with Crippen LogP contribution in [0.1, 0.15) is 5.69 Å². The third-order valence-corrected chi connectivity index (χ3v) is 1.97. The van der Waals surface area contributed by atoms with Gasteiger partial charge in [-0.15, -0.1) is 23.8 Å². The van der Waals surface area contributed by atoms with Gasteiger partial charge < -0.3 is 9.88 Å². The largest absolute Gasteiger partial charge is 0.404 e. The van der Waals surface area contributed by atoms with Crippen molar-refractivity contribution in [3.05, 3.63) is 60.7 Å². The second-order valence-electron chi connectivity index (χ2n) is 3.07. The van der Waals surface area contributed by atoms with Crippen molar-refractivity contribution in [2.45, 2.75) is 0 Å². The molecule has 0 amide bonds. The van der Waals surface area contributed by atoms with Crippen LogP contribution < -0.4 is 0 Å². The van der Waals surface area contributed by atoms with E-state index in [1.165, 1.54) is 0 Å². The predicted molar refractivity (Wildman–Crippen MR) is 56.9 cm³/mol. The van der Waals surface area contributed by atoms with Crippen LogP contribution in [0.3, 0.4) is 0 Å². The van der Waals surface area contributed by atoms with Crippen LogP contribution in [-0.4, -0.2) is 16.9 Å². The van der Waals surface area contributed by atoms with Crippen molar-refractivity contribution in [2.24, 2.45) is 0 Å². The number of aromatic nitrogens is 1. The molecule has 0 aliphatic carbocycles. The fourth-order valence-electron chi connectivity index (χ4n) is 1.22. The quantitative estimate of drug-likeness (QED) is 0.700. The van der Waals surface area contributed by atoms with Crippen molar-refractivity contribution in [3.8, 4) is 0 Å². The van der Waals surface area contributed by atoms with E-state index in [1.54, 1.807) is 6.20 Å². The van der Waals surface area contributed by atoms with Crippen LogP contribution in [0, 0.1) is 6.08 Å². The van der Waals surface area contributed by atoms with Gasteiger partial charge in [0.2, 0.25) is 0 Å². The van der Waals surface area contributed by atoms with Crippen molar-refractivity contribution in [1.29, 1.82) is 0 Å². The van der Waals surface area contributed by atoms with E-state index >= 15 is 0 Å². The van der Waals surface area contributed by atoms with Crippen LogP contribution in [0.15, 0.2) is 48.9 Å². The molecular weight excluding hydrogens is 364 g/mol. The SMILES string of the molecule is CN1C=C[C-]=C(c2ccccn2)C=C1.[Ir]. The Bertz CT molecular complexity index is 393. The average Bonchev–Trinajstić information content (AvgIpc) is 2.44. The topological polar surface area (TPSA) is 16.1 Å². The van der Waals surface area contributed by atoms with Gasteiger partial charge in [-0.3, -0.25) is 0 Å². The minimum absolute atomic E-state index is 0. The molecule has 0 saturated heterocycles. The molecule has 3 heteroatoms. The molecule has 1 aliphatic rings. The summed E-state index contributed by atoms with van der Waals surface area (Å²) in [4.78, 5) is 6.24. The van der Waals surface area contributed by atoms with Crippen molar-refractivity contribution < 1.29 is 20.1 Å². The van der Waals surface area contributed by atoms with Gasteiger partial charge in [0, 0.05) is 33.3 Å². The molecule has 0 saturated carbocycles. The maximum atomic E-state index is 4.27. The Labute approximate surface area is 103 Å². The smallest absolute Gasteiger partial charge is 0.0160 e. The average molecular weight is 375 g/mol. The van der Waals surface area contributed by atoms with Gasteiger partial charge in [0.25, 0.3) is 0 Å². The fourth-order valence-corrected chi connectivity index (χ4v) is 1.22. The summed E-state index contributed by atoms with van der Waals surface area (Å²) in [7, 11) is 1.98. The summed E-state index contributed by atoms with van der Waals surface area (Å²) in [6, 6.07) is 5.86. The number of hydrogen-bond donors (Lipinski definition) is 0. The molecule has 2 nitrogen and oxygen atoms in total. The van der Waals surface area contributed by atoms with Gasteiger partial charge in [-0.1, -0.05) is 18.3 Å². The molecule has 15 heavy (non-hydrogen) atoms. The summed E-state index contributed by atoms with van der Waals surface area (Å²) in [6.45, 7) is 0. The number of nitrogens with zero attached hydrogens (tertiary/aromatic N) is 2. The van der Waals surface area contributed by atoms with E-state index in [2.05, 4.69) is 11.1 Å². The minimum Gasteiger partial charge on any atom is -0.404 e. The van der Waals surface area contributed by atoms with E-state index in [9.17, 15) is 0 Å². The number of rotatable bonds is 1. The zero-order valence-electron chi connectivity index (χ0n) is 8.35. The molecule has 0 bridgehead atoms. The first kappa shape index (κ1) is 11.9. The first-order chi connectivity index (χ1) is 6.86. The Morgan fingerprint density at radius 2 is 2.13 bits per heavy atom. The molecule has 0 aromatic carbocycles. The maximum Gasteiger partial charge on any atom is 0.0160 e. The molecule has 0 N–H and O–H groups in total. The van der Waals surface area contributed by atoms with Crippen molar-refractivity contribution in [3.63, 3.8) is 0 Å². The Hall–Kier alpha value is -1.18. The third kappa shape index (κ3) is 3.15. The first-order valence-electron chi connectivity index (χ1n) is 4.48. The van der Waals surface area contributed by atoms with Crippen LogP contribution in [-0.2, 0) is 20.1 Å². The van der Waals surface area contributed by atoms with Crippen LogP contribution in [0.25, 0.3) is 5.57 Å². The molecule has 2 heterocycles. The van der Waals surface area contributed by atoms with Gasteiger partial charge in [0.05, 0.1) is 0 Å². The van der Waals surface area contributed by atoms with E-state index in [0.717, 1.165) is 11.3 Å². The summed E-state index contributed by atoms with van der Waals surface area (Å²) in [5, 5.41) is 0. The van der Waals surface area contributed by atoms with Crippen molar-refractivity contribution >= 4 is 5.57 Å². The van der Waals surface area contributed by atoms with Gasteiger partial charge >= 0.3 is 0 Å². The number of hydrogen-bond acceptors (Lipinski definition) is 2. The molecule has 0 spiro atoms. The molecule has 1 aromatic heterocycles. The van der Waals surface area contributed by atoms with Gasteiger partial charge in [0.15, 0.2) is 0 Å². The van der Waals surface area contributed by atoms with E-state index in [0.29, 0.717) is 0 Å². The standard InChI is InChI=1S/C12H11N2.Ir/c1-14-9-4-5-11(7-10-14)12-6-2-3-8-13-12;/h2-4,6-10H,1H3;/q-1;. The summed E-state index contributed by atoms with van der Waals surface area (Å²) in [6.07, 6.45) is 12.8. The summed E-state index contributed by atoms with van der Waals surface area (Å²) in [5.41, 5.74) is 1.95. The normalized spacial score (nSPS) is 14.2. The van der Waals surface area contributed by atoms with Crippen LogP contribution in [0.5, 0.6) is 0 Å². The summed E-state index contributed by atoms with van der Waals surface area (Å²) >= 11 is 0. The van der Waals surface area contributed by atoms with E-state index < -0.39 is 0 Å². The van der Waals surface area contributed by atoms with Crippen LogP contribution >= 0.6 is 0 Å². The Kier molecular flexibility index (Phi) is 4.47. The Morgan fingerprint density at radius 3 is 2.87 bits per heavy atom. The second kappa shape index (κ2) is 5.64. The van der Waals surface area contributed by atoms with Crippen LogP contribution in [0.2, 0.25) is 0 Å². The first-order valence-corrected chi connectivity index (χ1v) is 4.48.